The van der Waals surface area contributed by atoms with Crippen LogP contribution in [0, 0.1) is 0 Å². The molecule has 1 aromatic heterocycles. The van der Waals surface area contributed by atoms with Crippen molar-refractivity contribution in [3.8, 4) is 11.4 Å². The van der Waals surface area contributed by atoms with E-state index in [0.717, 1.165) is 29.8 Å². The Morgan fingerprint density at radius 1 is 1.10 bits per heavy atom. The van der Waals surface area contributed by atoms with Gasteiger partial charge in [0.1, 0.15) is 17.0 Å². The molecule has 0 aliphatic heterocycles. The zero-order valence-electron chi connectivity index (χ0n) is 16.9. The second kappa shape index (κ2) is 8.41. The van der Waals surface area contributed by atoms with E-state index in [1.54, 1.807) is 22.9 Å². The molecule has 7 heteroatoms. The minimum atomic E-state index is -0.490. The van der Waals surface area contributed by atoms with E-state index in [1.807, 2.05) is 36.4 Å². The van der Waals surface area contributed by atoms with Gasteiger partial charge in [0.2, 0.25) is 0 Å². The summed E-state index contributed by atoms with van der Waals surface area (Å²) in [6, 6.07) is 16.6. The van der Waals surface area contributed by atoms with E-state index < -0.39 is 5.97 Å². The first kappa shape index (κ1) is 19.7. The van der Waals surface area contributed by atoms with Gasteiger partial charge in [-0.15, -0.1) is 0 Å². The fourth-order valence-corrected chi connectivity index (χ4v) is 3.31. The summed E-state index contributed by atoms with van der Waals surface area (Å²) in [5.41, 5.74) is 3.35. The molecule has 0 spiro atoms. The molecule has 1 N–H and O–H groups in total. The van der Waals surface area contributed by atoms with Crippen molar-refractivity contribution in [2.24, 2.45) is 0 Å². The summed E-state index contributed by atoms with van der Waals surface area (Å²) in [5, 5.41) is 7.59. The third-order valence-electron chi connectivity index (χ3n) is 5.08. The molecule has 2 aromatic carbocycles. The SMILES string of the molecule is COC(=O)c1cc(CNC(=O)c2cc(C3CC3)nn2-c2ccccc2)ccc1OC. The first-order chi connectivity index (χ1) is 14.6. The Hall–Kier alpha value is -3.61. The standard InChI is InChI=1S/C23H23N3O4/c1-29-21-11-8-15(12-18(21)23(28)30-2)14-24-22(27)20-13-19(16-9-10-16)25-26(20)17-6-4-3-5-7-17/h3-8,11-13,16H,9-10,14H2,1-2H3,(H,24,27). The van der Waals surface area contributed by atoms with Gasteiger partial charge in [-0.2, -0.15) is 5.10 Å². The molecule has 0 radical (unpaired) electrons. The lowest BCUT2D eigenvalue weighted by atomic mass is 10.1. The smallest absolute Gasteiger partial charge is 0.341 e. The van der Waals surface area contributed by atoms with E-state index >= 15 is 0 Å². The van der Waals surface area contributed by atoms with Crippen LogP contribution in [-0.4, -0.2) is 35.9 Å². The first-order valence-electron chi connectivity index (χ1n) is 9.79. The molecular weight excluding hydrogens is 382 g/mol. The maximum absolute atomic E-state index is 13.0. The predicted octanol–water partition coefficient (Wildman–Crippen LogP) is 3.47. The molecule has 1 amide bonds. The Balaban J connectivity index is 1.55. The van der Waals surface area contributed by atoms with Crippen LogP contribution in [0.1, 0.15) is 50.9 Å². The monoisotopic (exact) mass is 405 g/mol. The zero-order valence-corrected chi connectivity index (χ0v) is 16.9. The summed E-state index contributed by atoms with van der Waals surface area (Å²) in [6.45, 7) is 0.256. The topological polar surface area (TPSA) is 82.5 Å². The van der Waals surface area contributed by atoms with Crippen molar-refractivity contribution in [2.45, 2.75) is 25.3 Å². The number of nitrogens with zero attached hydrogens (tertiary/aromatic N) is 2. The summed E-state index contributed by atoms with van der Waals surface area (Å²) in [6.07, 6.45) is 2.21. The molecule has 1 aliphatic rings. The van der Waals surface area contributed by atoms with Crippen LogP contribution in [-0.2, 0) is 11.3 Å². The molecule has 0 bridgehead atoms. The van der Waals surface area contributed by atoms with E-state index in [-0.39, 0.29) is 12.5 Å². The number of nitrogens with one attached hydrogen (secondary N) is 1. The molecule has 1 fully saturated rings. The quantitative estimate of drug-likeness (QED) is 0.609. The molecule has 3 aromatic rings. The maximum atomic E-state index is 13.0. The number of rotatable bonds is 7. The van der Waals surface area contributed by atoms with Gasteiger partial charge in [0.15, 0.2) is 0 Å². The highest BCUT2D eigenvalue weighted by molar-refractivity contribution is 5.94. The lowest BCUT2D eigenvalue weighted by molar-refractivity contribution is 0.0597. The Morgan fingerprint density at radius 2 is 1.87 bits per heavy atom. The Morgan fingerprint density at radius 3 is 2.53 bits per heavy atom. The number of methoxy groups -OCH3 is 2. The van der Waals surface area contributed by atoms with Crippen molar-refractivity contribution < 1.29 is 19.1 Å². The highest BCUT2D eigenvalue weighted by atomic mass is 16.5. The van der Waals surface area contributed by atoms with Crippen molar-refractivity contribution in [1.82, 2.24) is 15.1 Å². The summed E-state index contributed by atoms with van der Waals surface area (Å²) in [4.78, 5) is 25.0. The third kappa shape index (κ3) is 4.05. The molecule has 0 atom stereocenters. The number of aromatic nitrogens is 2. The number of para-hydroxylation sites is 1. The van der Waals surface area contributed by atoms with Crippen molar-refractivity contribution in [1.29, 1.82) is 0 Å². The second-order valence-corrected chi connectivity index (χ2v) is 7.18. The van der Waals surface area contributed by atoms with Crippen LogP contribution in [0.5, 0.6) is 5.75 Å². The van der Waals surface area contributed by atoms with Gasteiger partial charge in [-0.25, -0.2) is 9.48 Å². The summed E-state index contributed by atoms with van der Waals surface area (Å²) in [5.74, 6) is 0.142. The normalized spacial score (nSPS) is 13.0. The first-order valence-corrected chi connectivity index (χ1v) is 9.79. The summed E-state index contributed by atoms with van der Waals surface area (Å²) < 4.78 is 11.7. The fraction of sp³-hybridized carbons (Fsp3) is 0.261. The Bertz CT molecular complexity index is 1070. The minimum absolute atomic E-state index is 0.228. The van der Waals surface area contributed by atoms with E-state index in [0.29, 0.717) is 22.9 Å². The molecule has 4 rings (SSSR count). The molecule has 1 saturated carbocycles. The molecule has 1 heterocycles. The third-order valence-corrected chi connectivity index (χ3v) is 5.08. The lowest BCUT2D eigenvalue weighted by Gasteiger charge is -2.11. The molecule has 0 saturated heterocycles. The minimum Gasteiger partial charge on any atom is -0.496 e. The van der Waals surface area contributed by atoms with Gasteiger partial charge in [0.05, 0.1) is 25.6 Å². The number of hydrogen-bond donors (Lipinski definition) is 1. The number of amides is 1. The largest absolute Gasteiger partial charge is 0.496 e. The number of benzene rings is 2. The van der Waals surface area contributed by atoms with Gasteiger partial charge >= 0.3 is 5.97 Å². The van der Waals surface area contributed by atoms with Crippen LogP contribution >= 0.6 is 0 Å². The molecule has 154 valence electrons. The van der Waals surface area contributed by atoms with Crippen LogP contribution in [0.4, 0.5) is 0 Å². The number of ether oxygens (including phenoxy) is 2. The van der Waals surface area contributed by atoms with Gasteiger partial charge in [0.25, 0.3) is 5.91 Å². The van der Waals surface area contributed by atoms with E-state index in [1.165, 1.54) is 14.2 Å². The maximum Gasteiger partial charge on any atom is 0.341 e. The number of esters is 1. The van der Waals surface area contributed by atoms with Crippen LogP contribution in [0.15, 0.2) is 54.6 Å². The average molecular weight is 405 g/mol. The zero-order chi connectivity index (χ0) is 21.1. The lowest BCUT2D eigenvalue weighted by Crippen LogP contribution is -2.25. The van der Waals surface area contributed by atoms with Crippen LogP contribution in [0.3, 0.4) is 0 Å². The van der Waals surface area contributed by atoms with Crippen molar-refractivity contribution in [3.05, 3.63) is 77.1 Å². The fourth-order valence-electron chi connectivity index (χ4n) is 3.31. The van der Waals surface area contributed by atoms with Crippen molar-refractivity contribution in [2.75, 3.05) is 14.2 Å². The molecule has 7 nitrogen and oxygen atoms in total. The van der Waals surface area contributed by atoms with Crippen LogP contribution in [0.25, 0.3) is 5.69 Å². The van der Waals surface area contributed by atoms with E-state index in [9.17, 15) is 9.59 Å². The van der Waals surface area contributed by atoms with E-state index in [4.69, 9.17) is 9.47 Å². The highest BCUT2D eigenvalue weighted by Crippen LogP contribution is 2.39. The van der Waals surface area contributed by atoms with Crippen LogP contribution < -0.4 is 10.1 Å². The van der Waals surface area contributed by atoms with Crippen molar-refractivity contribution in [3.63, 3.8) is 0 Å². The molecule has 30 heavy (non-hydrogen) atoms. The second-order valence-electron chi connectivity index (χ2n) is 7.18. The summed E-state index contributed by atoms with van der Waals surface area (Å²) >= 11 is 0. The number of hydrogen-bond acceptors (Lipinski definition) is 5. The van der Waals surface area contributed by atoms with Gasteiger partial charge in [-0.05, 0) is 48.7 Å². The van der Waals surface area contributed by atoms with E-state index in [2.05, 4.69) is 10.4 Å². The van der Waals surface area contributed by atoms with Crippen molar-refractivity contribution >= 4 is 11.9 Å². The van der Waals surface area contributed by atoms with Gasteiger partial charge < -0.3 is 14.8 Å². The molecule has 1 aliphatic carbocycles. The summed E-state index contributed by atoms with van der Waals surface area (Å²) in [7, 11) is 2.81. The average Bonchev–Trinajstić information content (AvgIpc) is 3.55. The van der Waals surface area contributed by atoms with Crippen LogP contribution in [0.2, 0.25) is 0 Å². The highest BCUT2D eigenvalue weighted by Gasteiger charge is 2.29. The molecular formula is C23H23N3O4. The van der Waals surface area contributed by atoms with Gasteiger partial charge in [0, 0.05) is 12.5 Å². The number of carbonyl (C=O) groups excluding carboxylic acids is 2. The Labute approximate surface area is 174 Å². The predicted molar refractivity (Wildman–Crippen MR) is 111 cm³/mol. The molecule has 0 unspecified atom stereocenters. The number of carbonyl (C=O) groups is 2. The van der Waals surface area contributed by atoms with Gasteiger partial charge in [-0.1, -0.05) is 24.3 Å². The van der Waals surface area contributed by atoms with Gasteiger partial charge in [-0.3, -0.25) is 4.79 Å². The Kier molecular flexibility index (Phi) is 5.52.